The Bertz CT molecular complexity index is 655. The molecular formula is C24H41N5O. The predicted molar refractivity (Wildman–Crippen MR) is 125 cm³/mol. The summed E-state index contributed by atoms with van der Waals surface area (Å²) in [6, 6.07) is 11.6. The third-order valence-electron chi connectivity index (χ3n) is 7.00. The first-order valence-electron chi connectivity index (χ1n) is 11.7. The summed E-state index contributed by atoms with van der Waals surface area (Å²) in [6.07, 6.45) is 3.35. The van der Waals surface area contributed by atoms with E-state index in [4.69, 9.17) is 4.74 Å². The van der Waals surface area contributed by atoms with Gasteiger partial charge >= 0.3 is 0 Å². The molecule has 0 aromatic heterocycles. The van der Waals surface area contributed by atoms with E-state index in [1.54, 1.807) is 0 Å². The van der Waals surface area contributed by atoms with Gasteiger partial charge in [-0.05, 0) is 31.7 Å². The highest BCUT2D eigenvalue weighted by Crippen LogP contribution is 2.22. The molecule has 0 aliphatic carbocycles. The first-order chi connectivity index (χ1) is 14.6. The summed E-state index contributed by atoms with van der Waals surface area (Å²) < 4.78 is 5.52. The average molecular weight is 416 g/mol. The number of morpholine rings is 1. The minimum Gasteiger partial charge on any atom is -0.379 e. The molecule has 6 heteroatoms. The quantitative estimate of drug-likeness (QED) is 0.505. The molecular weight excluding hydrogens is 374 g/mol. The van der Waals surface area contributed by atoms with Crippen LogP contribution in [0.2, 0.25) is 0 Å². The van der Waals surface area contributed by atoms with E-state index in [1.807, 2.05) is 7.05 Å². The first-order valence-corrected chi connectivity index (χ1v) is 11.7. The van der Waals surface area contributed by atoms with Gasteiger partial charge in [0.05, 0.1) is 13.2 Å². The minimum atomic E-state index is 0.0362. The van der Waals surface area contributed by atoms with Gasteiger partial charge in [-0.1, -0.05) is 44.2 Å². The Hall–Kier alpha value is -1.63. The molecule has 0 radical (unpaired) electrons. The summed E-state index contributed by atoms with van der Waals surface area (Å²) in [5, 5.41) is 7.62. The average Bonchev–Trinajstić information content (AvgIpc) is 3.30. The molecule has 0 saturated carbocycles. The Labute approximate surface area is 183 Å². The highest BCUT2D eigenvalue weighted by Gasteiger charge is 2.32. The van der Waals surface area contributed by atoms with Gasteiger partial charge in [0.25, 0.3) is 0 Å². The van der Waals surface area contributed by atoms with Crippen LogP contribution in [0.4, 0.5) is 0 Å². The van der Waals surface area contributed by atoms with E-state index >= 15 is 0 Å². The number of nitrogens with one attached hydrogen (secondary N) is 2. The van der Waals surface area contributed by atoms with E-state index in [9.17, 15) is 0 Å². The van der Waals surface area contributed by atoms with Crippen molar-refractivity contribution < 1.29 is 4.74 Å². The summed E-state index contributed by atoms with van der Waals surface area (Å²) in [6.45, 7) is 13.7. The van der Waals surface area contributed by atoms with Gasteiger partial charge in [0.2, 0.25) is 0 Å². The van der Waals surface area contributed by atoms with Crippen molar-refractivity contribution in [2.75, 3.05) is 53.0 Å². The molecule has 168 valence electrons. The van der Waals surface area contributed by atoms with E-state index in [-0.39, 0.29) is 5.54 Å². The monoisotopic (exact) mass is 415 g/mol. The van der Waals surface area contributed by atoms with Gasteiger partial charge in [0.15, 0.2) is 5.96 Å². The van der Waals surface area contributed by atoms with Gasteiger partial charge in [0.1, 0.15) is 0 Å². The van der Waals surface area contributed by atoms with Crippen molar-refractivity contribution in [1.82, 2.24) is 20.4 Å². The van der Waals surface area contributed by atoms with Crippen LogP contribution < -0.4 is 10.6 Å². The van der Waals surface area contributed by atoms with Gasteiger partial charge in [-0.2, -0.15) is 0 Å². The maximum Gasteiger partial charge on any atom is 0.193 e. The van der Waals surface area contributed by atoms with Crippen LogP contribution in [-0.2, 0) is 4.74 Å². The summed E-state index contributed by atoms with van der Waals surface area (Å²) in [5.41, 5.74) is 1.37. The first kappa shape index (κ1) is 23.0. The number of nitrogens with zero attached hydrogens (tertiary/aromatic N) is 3. The molecule has 2 saturated heterocycles. The van der Waals surface area contributed by atoms with Crippen LogP contribution in [0.5, 0.6) is 0 Å². The molecule has 0 spiro atoms. The Kier molecular flexibility index (Phi) is 8.54. The maximum absolute atomic E-state index is 5.52. The van der Waals surface area contributed by atoms with Crippen molar-refractivity contribution in [3.05, 3.63) is 35.9 Å². The lowest BCUT2D eigenvalue weighted by molar-refractivity contribution is 0.0194. The molecule has 1 aromatic rings. The molecule has 2 aliphatic rings. The smallest absolute Gasteiger partial charge is 0.193 e. The number of hydrogen-bond acceptors (Lipinski definition) is 4. The SMILES string of the molecule is CCC(CC)(CNC(=NC)N1CCC(N2CCOCC2)C1)NC(C)c1ccccc1. The number of likely N-dealkylation sites (tertiary alicyclic amines) is 1. The Morgan fingerprint density at radius 2 is 1.87 bits per heavy atom. The molecule has 2 fully saturated rings. The van der Waals surface area contributed by atoms with E-state index in [2.05, 4.69) is 76.5 Å². The van der Waals surface area contributed by atoms with Crippen LogP contribution in [0, 0.1) is 0 Å². The van der Waals surface area contributed by atoms with E-state index in [1.165, 1.54) is 12.0 Å². The van der Waals surface area contributed by atoms with Crippen molar-refractivity contribution in [3.8, 4) is 0 Å². The summed E-state index contributed by atoms with van der Waals surface area (Å²) in [4.78, 5) is 9.63. The second kappa shape index (κ2) is 11.1. The van der Waals surface area contributed by atoms with Crippen LogP contribution >= 0.6 is 0 Å². The number of benzene rings is 1. The van der Waals surface area contributed by atoms with Crippen molar-refractivity contribution in [1.29, 1.82) is 0 Å². The summed E-state index contributed by atoms with van der Waals surface area (Å²) in [7, 11) is 1.91. The third-order valence-corrected chi connectivity index (χ3v) is 7.00. The minimum absolute atomic E-state index is 0.0362. The van der Waals surface area contributed by atoms with Crippen molar-refractivity contribution in [2.24, 2.45) is 4.99 Å². The maximum atomic E-state index is 5.52. The fourth-order valence-corrected chi connectivity index (χ4v) is 4.79. The number of aliphatic imine (C=N–C) groups is 1. The van der Waals surface area contributed by atoms with Gasteiger partial charge in [-0.25, -0.2) is 0 Å². The normalized spacial score (nSPS) is 22.3. The van der Waals surface area contributed by atoms with Gasteiger partial charge < -0.3 is 20.3 Å². The van der Waals surface area contributed by atoms with E-state index < -0.39 is 0 Å². The highest BCUT2D eigenvalue weighted by molar-refractivity contribution is 5.80. The number of ether oxygens (including phenoxy) is 1. The number of hydrogen-bond donors (Lipinski definition) is 2. The van der Waals surface area contributed by atoms with Crippen molar-refractivity contribution in [2.45, 2.75) is 57.7 Å². The third kappa shape index (κ3) is 5.74. The molecule has 3 rings (SSSR count). The Morgan fingerprint density at radius 3 is 2.50 bits per heavy atom. The number of rotatable bonds is 8. The van der Waals surface area contributed by atoms with Crippen LogP contribution in [0.15, 0.2) is 35.3 Å². The van der Waals surface area contributed by atoms with Crippen LogP contribution in [-0.4, -0.2) is 80.3 Å². The van der Waals surface area contributed by atoms with Gasteiger partial charge in [0, 0.05) is 57.4 Å². The van der Waals surface area contributed by atoms with E-state index in [0.29, 0.717) is 12.1 Å². The topological polar surface area (TPSA) is 52.1 Å². The molecule has 2 aliphatic heterocycles. The zero-order valence-corrected chi connectivity index (χ0v) is 19.4. The molecule has 2 heterocycles. The zero-order chi connectivity index (χ0) is 21.4. The molecule has 2 unspecified atom stereocenters. The number of guanidine groups is 1. The van der Waals surface area contributed by atoms with Crippen LogP contribution in [0.25, 0.3) is 0 Å². The second-order valence-electron chi connectivity index (χ2n) is 8.70. The lowest BCUT2D eigenvalue weighted by atomic mass is 9.90. The molecule has 0 amide bonds. The standard InChI is InChI=1S/C24H41N5O/c1-5-24(6-2,27-20(3)21-10-8-7-9-11-21)19-26-23(25-4)29-13-12-22(18-29)28-14-16-30-17-15-28/h7-11,20,22,27H,5-6,12-19H2,1-4H3,(H,25,26). The molecule has 2 N–H and O–H groups in total. The van der Waals surface area contributed by atoms with Crippen LogP contribution in [0.1, 0.15) is 51.6 Å². The van der Waals surface area contributed by atoms with E-state index in [0.717, 1.165) is 64.7 Å². The Balaban J connectivity index is 1.57. The van der Waals surface area contributed by atoms with Gasteiger partial charge in [-0.3, -0.25) is 9.89 Å². The molecule has 1 aromatic carbocycles. The summed E-state index contributed by atoms with van der Waals surface area (Å²) in [5.74, 6) is 1.03. The lowest BCUT2D eigenvalue weighted by Gasteiger charge is -2.38. The largest absolute Gasteiger partial charge is 0.379 e. The second-order valence-corrected chi connectivity index (χ2v) is 8.70. The predicted octanol–water partition coefficient (Wildman–Crippen LogP) is 2.88. The van der Waals surface area contributed by atoms with Gasteiger partial charge in [-0.15, -0.1) is 0 Å². The molecule has 30 heavy (non-hydrogen) atoms. The molecule has 2 atom stereocenters. The lowest BCUT2D eigenvalue weighted by Crippen LogP contribution is -2.55. The van der Waals surface area contributed by atoms with Crippen molar-refractivity contribution in [3.63, 3.8) is 0 Å². The molecule has 6 nitrogen and oxygen atoms in total. The van der Waals surface area contributed by atoms with Crippen LogP contribution in [0.3, 0.4) is 0 Å². The zero-order valence-electron chi connectivity index (χ0n) is 19.4. The molecule has 0 bridgehead atoms. The summed E-state index contributed by atoms with van der Waals surface area (Å²) >= 11 is 0. The highest BCUT2D eigenvalue weighted by atomic mass is 16.5. The fraction of sp³-hybridized carbons (Fsp3) is 0.708. The van der Waals surface area contributed by atoms with Crippen molar-refractivity contribution >= 4 is 5.96 Å². The Morgan fingerprint density at radius 1 is 1.17 bits per heavy atom. The fourth-order valence-electron chi connectivity index (χ4n) is 4.79.